The number of carbonyl (C=O) groups excluding carboxylic acids is 2. The monoisotopic (exact) mass is 435 g/mol. The second-order valence-corrected chi connectivity index (χ2v) is 7.28. The molecule has 32 heavy (non-hydrogen) atoms. The number of ether oxygens (including phenoxy) is 1. The van der Waals surface area contributed by atoms with Gasteiger partial charge in [0, 0.05) is 12.1 Å². The zero-order valence-corrected chi connectivity index (χ0v) is 17.1. The van der Waals surface area contributed by atoms with Crippen molar-refractivity contribution in [3.63, 3.8) is 0 Å². The number of nitrogens with zero attached hydrogens (tertiary/aromatic N) is 1. The number of ketones is 1. The Kier molecular flexibility index (Phi) is 5.73. The lowest BCUT2D eigenvalue weighted by molar-refractivity contribution is -0.140. The standard InChI is InChI=1S/C25H19F2NO4/c1-32-20-9-5-3-7-18(20)23(29)21-22(17-6-2-4-8-19(17)27)28(25(31)24(21)30)14-15-10-12-16(26)13-11-15/h2-13,22,29H,14H2,1H3/b23-21-. The van der Waals surface area contributed by atoms with E-state index in [-0.39, 0.29) is 23.2 Å². The van der Waals surface area contributed by atoms with Gasteiger partial charge in [-0.05, 0) is 35.9 Å². The van der Waals surface area contributed by atoms with E-state index in [9.17, 15) is 23.5 Å². The van der Waals surface area contributed by atoms with Crippen molar-refractivity contribution >= 4 is 17.4 Å². The van der Waals surface area contributed by atoms with Crippen LogP contribution < -0.4 is 4.74 Å². The van der Waals surface area contributed by atoms with Gasteiger partial charge >= 0.3 is 0 Å². The summed E-state index contributed by atoms with van der Waals surface area (Å²) in [6.07, 6.45) is 0. The summed E-state index contributed by atoms with van der Waals surface area (Å²) < 4.78 is 33.4. The molecule has 0 saturated carbocycles. The summed E-state index contributed by atoms with van der Waals surface area (Å²) in [6, 6.07) is 16.5. The SMILES string of the molecule is COc1ccccc1/C(O)=C1/C(=O)C(=O)N(Cc2ccc(F)cc2)C1c1ccccc1F. The van der Waals surface area contributed by atoms with Crippen molar-refractivity contribution in [1.29, 1.82) is 0 Å². The van der Waals surface area contributed by atoms with Crippen LogP contribution in [0.25, 0.3) is 5.76 Å². The molecule has 7 heteroatoms. The lowest BCUT2D eigenvalue weighted by Gasteiger charge is -2.26. The van der Waals surface area contributed by atoms with Gasteiger partial charge in [-0.3, -0.25) is 9.59 Å². The molecule has 1 unspecified atom stereocenters. The van der Waals surface area contributed by atoms with Crippen LogP contribution in [0.1, 0.15) is 22.7 Å². The summed E-state index contributed by atoms with van der Waals surface area (Å²) >= 11 is 0. The Morgan fingerprint density at radius 3 is 2.31 bits per heavy atom. The molecule has 1 fully saturated rings. The molecule has 0 spiro atoms. The number of hydrogen-bond donors (Lipinski definition) is 1. The zero-order valence-electron chi connectivity index (χ0n) is 17.1. The van der Waals surface area contributed by atoms with Gasteiger partial charge in [0.05, 0.1) is 24.3 Å². The highest BCUT2D eigenvalue weighted by Gasteiger charge is 2.47. The summed E-state index contributed by atoms with van der Waals surface area (Å²) in [6.45, 7) is -0.0768. The van der Waals surface area contributed by atoms with Crippen molar-refractivity contribution in [1.82, 2.24) is 4.90 Å². The highest BCUT2D eigenvalue weighted by atomic mass is 19.1. The average Bonchev–Trinajstić information content (AvgIpc) is 3.05. The third-order valence-electron chi connectivity index (χ3n) is 5.37. The number of methoxy groups -OCH3 is 1. The van der Waals surface area contributed by atoms with Gasteiger partial charge < -0.3 is 14.7 Å². The summed E-state index contributed by atoms with van der Waals surface area (Å²) in [7, 11) is 1.41. The van der Waals surface area contributed by atoms with Gasteiger partial charge in [0.15, 0.2) is 0 Å². The normalized spacial score (nSPS) is 17.6. The number of para-hydroxylation sites is 1. The maximum atomic E-state index is 14.8. The van der Waals surface area contributed by atoms with E-state index in [1.54, 1.807) is 30.3 Å². The first kappa shape index (κ1) is 21.2. The van der Waals surface area contributed by atoms with E-state index in [1.807, 2.05) is 0 Å². The molecule has 1 atom stereocenters. The minimum Gasteiger partial charge on any atom is -0.507 e. The van der Waals surface area contributed by atoms with Crippen molar-refractivity contribution in [2.75, 3.05) is 7.11 Å². The van der Waals surface area contributed by atoms with Crippen LogP contribution in [0.5, 0.6) is 5.75 Å². The predicted molar refractivity (Wildman–Crippen MR) is 114 cm³/mol. The minimum absolute atomic E-state index is 0.0604. The van der Waals surface area contributed by atoms with Gasteiger partial charge in [-0.2, -0.15) is 0 Å². The molecule has 0 radical (unpaired) electrons. The number of aliphatic hydroxyl groups is 1. The molecule has 1 N–H and O–H groups in total. The van der Waals surface area contributed by atoms with Gasteiger partial charge in [0.1, 0.15) is 23.1 Å². The van der Waals surface area contributed by atoms with E-state index in [0.29, 0.717) is 11.3 Å². The predicted octanol–water partition coefficient (Wildman–Crippen LogP) is 4.60. The van der Waals surface area contributed by atoms with Crippen LogP contribution in [0.2, 0.25) is 0 Å². The van der Waals surface area contributed by atoms with Crippen LogP contribution in [0, 0.1) is 11.6 Å². The molecule has 0 bridgehead atoms. The molecule has 0 aliphatic carbocycles. The number of aliphatic hydroxyl groups excluding tert-OH is 1. The van der Waals surface area contributed by atoms with Crippen LogP contribution >= 0.6 is 0 Å². The Bertz CT molecular complexity index is 1220. The maximum Gasteiger partial charge on any atom is 0.295 e. The third kappa shape index (κ3) is 3.73. The molecule has 1 heterocycles. The van der Waals surface area contributed by atoms with Crippen molar-refractivity contribution in [2.24, 2.45) is 0 Å². The Labute approximate surface area is 183 Å². The Balaban J connectivity index is 1.90. The van der Waals surface area contributed by atoms with Crippen LogP contribution in [-0.4, -0.2) is 28.8 Å². The van der Waals surface area contributed by atoms with Crippen LogP contribution in [0.15, 0.2) is 78.4 Å². The molecule has 3 aromatic carbocycles. The van der Waals surface area contributed by atoms with Gasteiger partial charge in [-0.25, -0.2) is 8.78 Å². The summed E-state index contributed by atoms with van der Waals surface area (Å²) in [4.78, 5) is 27.2. The first-order chi connectivity index (χ1) is 15.4. The van der Waals surface area contributed by atoms with Crippen LogP contribution in [0.4, 0.5) is 8.78 Å². The summed E-state index contributed by atoms with van der Waals surface area (Å²) in [5, 5.41) is 11.1. The molecule has 3 aromatic rings. The van der Waals surface area contributed by atoms with Crippen molar-refractivity contribution in [3.8, 4) is 5.75 Å². The first-order valence-electron chi connectivity index (χ1n) is 9.83. The maximum absolute atomic E-state index is 14.8. The number of carbonyl (C=O) groups is 2. The fraction of sp³-hybridized carbons (Fsp3) is 0.120. The highest BCUT2D eigenvalue weighted by molar-refractivity contribution is 6.46. The van der Waals surface area contributed by atoms with Gasteiger partial charge in [0.2, 0.25) is 0 Å². The smallest absolute Gasteiger partial charge is 0.295 e. The number of Topliss-reactive ketones (excluding diaryl/α,β-unsaturated/α-hetero) is 1. The summed E-state index contributed by atoms with van der Waals surface area (Å²) in [5.41, 5.74) is 0.569. The quantitative estimate of drug-likeness (QED) is 0.362. The second-order valence-electron chi connectivity index (χ2n) is 7.28. The fourth-order valence-electron chi connectivity index (χ4n) is 3.84. The van der Waals surface area contributed by atoms with E-state index in [1.165, 1.54) is 54.5 Å². The molecule has 1 amide bonds. The van der Waals surface area contributed by atoms with E-state index in [4.69, 9.17) is 4.74 Å². The summed E-state index contributed by atoms with van der Waals surface area (Å²) in [5.74, 6) is -3.08. The molecule has 1 saturated heterocycles. The van der Waals surface area contributed by atoms with E-state index >= 15 is 0 Å². The number of rotatable bonds is 5. The fourth-order valence-corrected chi connectivity index (χ4v) is 3.84. The van der Waals surface area contributed by atoms with E-state index in [0.717, 1.165) is 0 Å². The Hall–Kier alpha value is -4.00. The minimum atomic E-state index is -1.17. The van der Waals surface area contributed by atoms with Crippen molar-refractivity contribution in [3.05, 3.63) is 107 Å². The van der Waals surface area contributed by atoms with Crippen LogP contribution in [0.3, 0.4) is 0 Å². The molecular weight excluding hydrogens is 416 g/mol. The van der Waals surface area contributed by atoms with Gasteiger partial charge in [0.25, 0.3) is 11.7 Å². The molecule has 5 nitrogen and oxygen atoms in total. The average molecular weight is 435 g/mol. The molecule has 1 aliphatic heterocycles. The second kappa shape index (κ2) is 8.63. The lowest BCUT2D eigenvalue weighted by atomic mass is 9.94. The van der Waals surface area contributed by atoms with Crippen LogP contribution in [-0.2, 0) is 16.1 Å². The highest BCUT2D eigenvalue weighted by Crippen LogP contribution is 2.42. The number of halogens is 2. The Morgan fingerprint density at radius 2 is 1.62 bits per heavy atom. The zero-order chi connectivity index (χ0) is 22.8. The van der Waals surface area contributed by atoms with Crippen molar-refractivity contribution in [2.45, 2.75) is 12.6 Å². The Morgan fingerprint density at radius 1 is 0.969 bits per heavy atom. The lowest BCUT2D eigenvalue weighted by Crippen LogP contribution is -2.29. The van der Waals surface area contributed by atoms with E-state index in [2.05, 4.69) is 0 Å². The van der Waals surface area contributed by atoms with Gasteiger partial charge in [-0.1, -0.05) is 42.5 Å². The third-order valence-corrected chi connectivity index (χ3v) is 5.37. The van der Waals surface area contributed by atoms with E-state index < -0.39 is 35.1 Å². The molecule has 1 aliphatic rings. The molecule has 4 rings (SSSR count). The number of hydrogen-bond acceptors (Lipinski definition) is 4. The molecule has 0 aromatic heterocycles. The molecular formula is C25H19F2NO4. The first-order valence-corrected chi connectivity index (χ1v) is 9.83. The van der Waals surface area contributed by atoms with Gasteiger partial charge in [-0.15, -0.1) is 0 Å². The van der Waals surface area contributed by atoms with Crippen molar-refractivity contribution < 1.29 is 28.2 Å². The largest absolute Gasteiger partial charge is 0.507 e. The number of amides is 1. The number of benzene rings is 3. The topological polar surface area (TPSA) is 66.8 Å². The number of likely N-dealkylation sites (tertiary alicyclic amines) is 1. The molecule has 162 valence electrons.